The molecular weight excluding hydrogens is 356 g/mol. The summed E-state index contributed by atoms with van der Waals surface area (Å²) >= 11 is 0. The lowest BCUT2D eigenvalue weighted by atomic mass is 9.96. The van der Waals surface area contributed by atoms with Crippen molar-refractivity contribution in [3.63, 3.8) is 0 Å². The molecule has 5 nitrogen and oxygen atoms in total. The number of rotatable bonds is 6. The SMILES string of the molecule is Cc1ccc(C(=O)OC[C@H]2CC[C@H](O)[C@@H]2COC(=O)c2ccc(C)cc2)cc1. The fourth-order valence-electron chi connectivity index (χ4n) is 3.48. The molecular formula is C23H26O5. The van der Waals surface area contributed by atoms with E-state index in [1.54, 1.807) is 24.3 Å². The normalized spacial score (nSPS) is 21.3. The Hall–Kier alpha value is -2.66. The molecule has 1 fully saturated rings. The van der Waals surface area contributed by atoms with Crippen molar-refractivity contribution >= 4 is 11.9 Å². The van der Waals surface area contributed by atoms with Gasteiger partial charge in [0.2, 0.25) is 0 Å². The van der Waals surface area contributed by atoms with E-state index in [1.165, 1.54) is 0 Å². The van der Waals surface area contributed by atoms with Crippen molar-refractivity contribution in [1.82, 2.24) is 0 Å². The number of hydrogen-bond acceptors (Lipinski definition) is 5. The zero-order chi connectivity index (χ0) is 20.1. The maximum absolute atomic E-state index is 12.2. The van der Waals surface area contributed by atoms with Crippen LogP contribution in [0, 0.1) is 25.7 Å². The summed E-state index contributed by atoms with van der Waals surface area (Å²) in [5.74, 6) is -1.05. The van der Waals surface area contributed by atoms with Gasteiger partial charge in [0, 0.05) is 11.8 Å². The van der Waals surface area contributed by atoms with Gasteiger partial charge in [-0.05, 0) is 51.0 Å². The lowest BCUT2D eigenvalue weighted by Gasteiger charge is -2.21. The maximum Gasteiger partial charge on any atom is 0.338 e. The van der Waals surface area contributed by atoms with Crippen LogP contribution < -0.4 is 0 Å². The third kappa shape index (κ3) is 4.98. The van der Waals surface area contributed by atoms with E-state index in [2.05, 4.69) is 0 Å². The largest absolute Gasteiger partial charge is 0.462 e. The Morgan fingerprint density at radius 1 is 0.821 bits per heavy atom. The van der Waals surface area contributed by atoms with Gasteiger partial charge in [-0.3, -0.25) is 0 Å². The van der Waals surface area contributed by atoms with Crippen molar-refractivity contribution in [2.24, 2.45) is 11.8 Å². The van der Waals surface area contributed by atoms with Crippen molar-refractivity contribution in [3.8, 4) is 0 Å². The van der Waals surface area contributed by atoms with Crippen LogP contribution in [0.25, 0.3) is 0 Å². The molecule has 0 radical (unpaired) electrons. The summed E-state index contributed by atoms with van der Waals surface area (Å²) in [7, 11) is 0. The minimum absolute atomic E-state index is 0.0322. The van der Waals surface area contributed by atoms with Crippen LogP contribution in [0.1, 0.15) is 44.7 Å². The monoisotopic (exact) mass is 382 g/mol. The number of carbonyl (C=O) groups is 2. The second-order valence-electron chi connectivity index (χ2n) is 7.50. The lowest BCUT2D eigenvalue weighted by molar-refractivity contribution is 0.00857. The number of ether oxygens (including phenoxy) is 2. The summed E-state index contributed by atoms with van der Waals surface area (Å²) < 4.78 is 10.9. The Morgan fingerprint density at radius 2 is 1.29 bits per heavy atom. The number of hydrogen-bond donors (Lipinski definition) is 1. The number of aliphatic hydroxyl groups excluding tert-OH is 1. The molecule has 2 aromatic carbocycles. The Balaban J connectivity index is 1.53. The summed E-state index contributed by atoms with van der Waals surface area (Å²) in [6.07, 6.45) is 0.781. The highest BCUT2D eigenvalue weighted by Crippen LogP contribution is 2.33. The van der Waals surface area contributed by atoms with Crippen molar-refractivity contribution in [3.05, 3.63) is 70.8 Å². The number of aliphatic hydroxyl groups is 1. The van der Waals surface area contributed by atoms with Gasteiger partial charge in [-0.2, -0.15) is 0 Å². The van der Waals surface area contributed by atoms with E-state index in [0.29, 0.717) is 17.5 Å². The van der Waals surface area contributed by atoms with E-state index in [4.69, 9.17) is 9.47 Å². The Bertz CT molecular complexity index is 810. The van der Waals surface area contributed by atoms with Gasteiger partial charge in [-0.1, -0.05) is 35.4 Å². The predicted molar refractivity (Wildman–Crippen MR) is 105 cm³/mol. The van der Waals surface area contributed by atoms with Gasteiger partial charge >= 0.3 is 11.9 Å². The van der Waals surface area contributed by atoms with E-state index >= 15 is 0 Å². The molecule has 1 N–H and O–H groups in total. The molecule has 0 aliphatic heterocycles. The van der Waals surface area contributed by atoms with Gasteiger partial charge < -0.3 is 14.6 Å². The van der Waals surface area contributed by atoms with Crippen LogP contribution in [0.15, 0.2) is 48.5 Å². The van der Waals surface area contributed by atoms with Gasteiger partial charge in [0.05, 0.1) is 30.4 Å². The van der Waals surface area contributed by atoms with E-state index < -0.39 is 12.1 Å². The molecule has 1 aliphatic rings. The van der Waals surface area contributed by atoms with Crippen LogP contribution in [-0.4, -0.2) is 36.4 Å². The number of benzene rings is 2. The molecule has 2 aromatic rings. The number of esters is 2. The molecule has 0 amide bonds. The highest BCUT2D eigenvalue weighted by atomic mass is 16.5. The van der Waals surface area contributed by atoms with Crippen molar-refractivity contribution in [2.45, 2.75) is 32.8 Å². The first-order valence-corrected chi connectivity index (χ1v) is 9.59. The number of carbonyl (C=O) groups excluding carboxylic acids is 2. The highest BCUT2D eigenvalue weighted by Gasteiger charge is 2.36. The van der Waals surface area contributed by atoms with Crippen molar-refractivity contribution in [1.29, 1.82) is 0 Å². The molecule has 1 saturated carbocycles. The van der Waals surface area contributed by atoms with E-state index in [-0.39, 0.29) is 31.0 Å². The van der Waals surface area contributed by atoms with Gasteiger partial charge in [-0.15, -0.1) is 0 Å². The number of aryl methyl sites for hydroxylation is 2. The quantitative estimate of drug-likeness (QED) is 0.771. The third-order valence-corrected chi connectivity index (χ3v) is 5.34. The first-order chi connectivity index (χ1) is 13.4. The first kappa shape index (κ1) is 20.1. The molecule has 0 aromatic heterocycles. The summed E-state index contributed by atoms with van der Waals surface area (Å²) in [5, 5.41) is 10.3. The Morgan fingerprint density at radius 3 is 1.79 bits per heavy atom. The third-order valence-electron chi connectivity index (χ3n) is 5.34. The minimum atomic E-state index is -0.561. The first-order valence-electron chi connectivity index (χ1n) is 9.59. The minimum Gasteiger partial charge on any atom is -0.462 e. The standard InChI is InChI=1S/C23H26O5/c1-15-3-7-17(8-4-15)22(25)27-13-19-11-12-21(24)20(19)14-28-23(26)18-9-5-16(2)6-10-18/h3-10,19-21,24H,11-14H2,1-2H3/t19-,20-,21+/m1/s1. The topological polar surface area (TPSA) is 72.8 Å². The summed E-state index contributed by atoms with van der Waals surface area (Å²) in [4.78, 5) is 24.4. The summed E-state index contributed by atoms with van der Waals surface area (Å²) in [5.41, 5.74) is 3.14. The molecule has 0 unspecified atom stereocenters. The van der Waals surface area contributed by atoms with Gasteiger partial charge in [0.25, 0.3) is 0 Å². The second kappa shape index (κ2) is 9.02. The summed E-state index contributed by atoms with van der Waals surface area (Å²) in [6.45, 7) is 4.22. The molecule has 0 bridgehead atoms. The second-order valence-corrected chi connectivity index (χ2v) is 7.50. The average molecular weight is 382 g/mol. The molecule has 0 spiro atoms. The van der Waals surface area contributed by atoms with Crippen LogP contribution in [0.4, 0.5) is 0 Å². The van der Waals surface area contributed by atoms with Crippen LogP contribution in [-0.2, 0) is 9.47 Å². The molecule has 0 heterocycles. The molecule has 148 valence electrons. The Kier molecular flexibility index (Phi) is 6.47. The molecule has 3 rings (SSSR count). The maximum atomic E-state index is 12.2. The molecule has 5 heteroatoms. The van der Waals surface area contributed by atoms with Gasteiger partial charge in [0.1, 0.15) is 0 Å². The zero-order valence-corrected chi connectivity index (χ0v) is 16.3. The molecule has 1 aliphatic carbocycles. The van der Waals surface area contributed by atoms with E-state index in [9.17, 15) is 14.7 Å². The Labute approximate surface area is 165 Å². The zero-order valence-electron chi connectivity index (χ0n) is 16.3. The average Bonchev–Trinajstić information content (AvgIpc) is 3.05. The van der Waals surface area contributed by atoms with Gasteiger partial charge in [-0.25, -0.2) is 9.59 Å². The van der Waals surface area contributed by atoms with Crippen molar-refractivity contribution < 1.29 is 24.2 Å². The van der Waals surface area contributed by atoms with Crippen LogP contribution in [0.3, 0.4) is 0 Å². The van der Waals surface area contributed by atoms with E-state index in [1.807, 2.05) is 38.1 Å². The molecule has 0 saturated heterocycles. The van der Waals surface area contributed by atoms with E-state index in [0.717, 1.165) is 17.5 Å². The van der Waals surface area contributed by atoms with Crippen LogP contribution >= 0.6 is 0 Å². The highest BCUT2D eigenvalue weighted by molar-refractivity contribution is 5.89. The summed E-state index contributed by atoms with van der Waals surface area (Å²) in [6, 6.07) is 14.4. The fraction of sp³-hybridized carbons (Fsp3) is 0.391. The molecule has 28 heavy (non-hydrogen) atoms. The van der Waals surface area contributed by atoms with Crippen LogP contribution in [0.5, 0.6) is 0 Å². The smallest absolute Gasteiger partial charge is 0.338 e. The van der Waals surface area contributed by atoms with Gasteiger partial charge in [0.15, 0.2) is 0 Å². The molecule has 3 atom stereocenters. The predicted octanol–water partition coefficient (Wildman–Crippen LogP) is 3.70. The fourth-order valence-corrected chi connectivity index (χ4v) is 3.48. The van der Waals surface area contributed by atoms with Crippen molar-refractivity contribution in [2.75, 3.05) is 13.2 Å². The van der Waals surface area contributed by atoms with Crippen LogP contribution in [0.2, 0.25) is 0 Å². The lowest BCUT2D eigenvalue weighted by Crippen LogP contribution is -2.29.